The second kappa shape index (κ2) is 8.53. The monoisotopic (exact) mass is 350 g/mol. The lowest BCUT2D eigenvalue weighted by Crippen LogP contribution is -2.28. The number of halogens is 2. The molecule has 7 heteroatoms. The van der Waals surface area contributed by atoms with Crippen molar-refractivity contribution in [2.75, 3.05) is 18.0 Å². The van der Waals surface area contributed by atoms with E-state index >= 15 is 0 Å². The molecule has 1 amide bonds. The Balaban J connectivity index is 2.15. The summed E-state index contributed by atoms with van der Waals surface area (Å²) in [6, 6.07) is 2.67. The maximum Gasteiger partial charge on any atom is 0.414 e. The highest BCUT2D eigenvalue weighted by molar-refractivity contribution is 5.90. The molecule has 25 heavy (non-hydrogen) atoms. The molecule has 0 aliphatic carbocycles. The highest BCUT2D eigenvalue weighted by Crippen LogP contribution is 2.28. The van der Waals surface area contributed by atoms with Gasteiger partial charge in [0.15, 0.2) is 17.4 Å². The quantitative estimate of drug-likeness (QED) is 0.605. The minimum absolute atomic E-state index is 0.0109. The van der Waals surface area contributed by atoms with Gasteiger partial charge in [0, 0.05) is 18.5 Å². The van der Waals surface area contributed by atoms with E-state index in [1.54, 1.807) is 0 Å². The molecule has 1 heterocycles. The van der Waals surface area contributed by atoms with E-state index < -0.39 is 23.8 Å². The lowest BCUT2D eigenvalue weighted by atomic mass is 10.1. The summed E-state index contributed by atoms with van der Waals surface area (Å²) < 4.78 is 33.4. The molecule has 1 aliphatic heterocycles. The minimum atomic E-state index is -1.14. The topological polar surface area (TPSA) is 72.6 Å². The van der Waals surface area contributed by atoms with Crippen molar-refractivity contribution in [3.8, 4) is 0 Å². The van der Waals surface area contributed by atoms with E-state index in [-0.39, 0.29) is 30.1 Å². The summed E-state index contributed by atoms with van der Waals surface area (Å²) in [4.78, 5) is 24.1. The predicted molar refractivity (Wildman–Crippen MR) is 91.1 cm³/mol. The van der Waals surface area contributed by atoms with E-state index in [0.29, 0.717) is 6.42 Å². The number of anilines is 1. The number of allylic oxidation sites excluding steroid dienone is 3. The number of benzene rings is 1. The third-order valence-electron chi connectivity index (χ3n) is 3.68. The Labute approximate surface area is 144 Å². The summed E-state index contributed by atoms with van der Waals surface area (Å²) in [5.74, 6) is -2.25. The Hall–Kier alpha value is -2.54. The van der Waals surface area contributed by atoms with Gasteiger partial charge < -0.3 is 10.5 Å². The molecule has 1 saturated heterocycles. The van der Waals surface area contributed by atoms with Crippen LogP contribution in [-0.2, 0) is 9.53 Å². The first-order valence-electron chi connectivity index (χ1n) is 8.01. The zero-order valence-corrected chi connectivity index (χ0v) is 13.9. The molecule has 2 rings (SSSR count). The van der Waals surface area contributed by atoms with Gasteiger partial charge in [-0.05, 0) is 24.6 Å². The Morgan fingerprint density at radius 2 is 2.12 bits per heavy atom. The van der Waals surface area contributed by atoms with Crippen molar-refractivity contribution in [2.24, 2.45) is 5.73 Å². The van der Waals surface area contributed by atoms with Gasteiger partial charge in [-0.15, -0.1) is 0 Å². The molecule has 1 atom stereocenters. The summed E-state index contributed by atoms with van der Waals surface area (Å²) in [5.41, 5.74) is 5.25. The molecule has 0 radical (unpaired) electrons. The predicted octanol–water partition coefficient (Wildman–Crippen LogP) is 3.19. The van der Waals surface area contributed by atoms with Crippen LogP contribution in [0.2, 0.25) is 0 Å². The van der Waals surface area contributed by atoms with Crippen LogP contribution >= 0.6 is 0 Å². The Morgan fingerprint density at radius 3 is 2.76 bits per heavy atom. The fourth-order valence-electron chi connectivity index (χ4n) is 2.38. The first kappa shape index (κ1) is 18.8. The van der Waals surface area contributed by atoms with Crippen molar-refractivity contribution in [1.82, 2.24) is 0 Å². The van der Waals surface area contributed by atoms with Crippen LogP contribution < -0.4 is 10.6 Å². The number of carbonyl (C=O) groups excluding carboxylic acids is 2. The van der Waals surface area contributed by atoms with Gasteiger partial charge in [-0.3, -0.25) is 9.69 Å². The van der Waals surface area contributed by atoms with Gasteiger partial charge >= 0.3 is 6.09 Å². The Kier molecular flexibility index (Phi) is 6.41. The third kappa shape index (κ3) is 4.51. The molecule has 0 bridgehead atoms. The van der Waals surface area contributed by atoms with E-state index in [4.69, 9.17) is 10.5 Å². The van der Waals surface area contributed by atoms with Crippen LogP contribution in [0, 0.1) is 11.6 Å². The molecule has 0 spiro atoms. The number of ketones is 1. The van der Waals surface area contributed by atoms with Crippen molar-refractivity contribution in [3.05, 3.63) is 47.6 Å². The lowest BCUT2D eigenvalue weighted by Gasteiger charge is -2.14. The number of nitrogens with two attached hydrogens (primary N) is 1. The van der Waals surface area contributed by atoms with Gasteiger partial charge in [0.05, 0.1) is 12.2 Å². The second-order valence-corrected chi connectivity index (χ2v) is 5.59. The molecule has 1 fully saturated rings. The zero-order chi connectivity index (χ0) is 18.4. The lowest BCUT2D eigenvalue weighted by molar-refractivity contribution is -0.114. The number of rotatable bonds is 7. The molecule has 1 aromatic carbocycles. The Bertz CT molecular complexity index is 717. The van der Waals surface area contributed by atoms with Crippen molar-refractivity contribution in [3.63, 3.8) is 0 Å². The van der Waals surface area contributed by atoms with Crippen LogP contribution in [-0.4, -0.2) is 31.1 Å². The first-order valence-corrected chi connectivity index (χ1v) is 8.01. The highest BCUT2D eigenvalue weighted by atomic mass is 19.2. The fourth-order valence-corrected chi connectivity index (χ4v) is 2.38. The highest BCUT2D eigenvalue weighted by Gasteiger charge is 2.33. The standard InChI is InChI=1S/C18H20F2N2O3/c1-2-5-13(23)7-4-3-6-12-8-9-15(17(20)16(12)19)22-11-14(10-21)25-18(22)24/h3-4,6-9,14H,2,5,10-11,21H2,1H3/b6-3+,7-4-/t14-/m0/s1. The molecule has 0 saturated carbocycles. The van der Waals surface area contributed by atoms with E-state index in [1.165, 1.54) is 36.4 Å². The van der Waals surface area contributed by atoms with E-state index in [9.17, 15) is 18.4 Å². The number of ether oxygens (including phenoxy) is 1. The molecule has 1 aromatic rings. The van der Waals surface area contributed by atoms with Crippen LogP contribution in [0.5, 0.6) is 0 Å². The normalized spacial score (nSPS) is 17.7. The largest absolute Gasteiger partial charge is 0.443 e. The number of carbonyl (C=O) groups is 2. The van der Waals surface area contributed by atoms with Crippen molar-refractivity contribution < 1.29 is 23.1 Å². The average Bonchev–Trinajstić information content (AvgIpc) is 2.96. The van der Waals surface area contributed by atoms with Crippen molar-refractivity contribution in [1.29, 1.82) is 0 Å². The summed E-state index contributed by atoms with van der Waals surface area (Å²) in [7, 11) is 0. The Morgan fingerprint density at radius 1 is 1.36 bits per heavy atom. The van der Waals surface area contributed by atoms with Crippen LogP contribution in [0.3, 0.4) is 0 Å². The molecule has 5 nitrogen and oxygen atoms in total. The third-order valence-corrected chi connectivity index (χ3v) is 3.68. The van der Waals surface area contributed by atoms with Crippen molar-refractivity contribution >= 4 is 23.6 Å². The second-order valence-electron chi connectivity index (χ2n) is 5.59. The number of hydrogen-bond donors (Lipinski definition) is 1. The van der Waals surface area contributed by atoms with E-state index in [2.05, 4.69) is 0 Å². The van der Waals surface area contributed by atoms with Gasteiger partial charge in [0.2, 0.25) is 0 Å². The molecule has 0 unspecified atom stereocenters. The maximum atomic E-state index is 14.3. The van der Waals surface area contributed by atoms with Gasteiger partial charge in [0.1, 0.15) is 6.10 Å². The minimum Gasteiger partial charge on any atom is -0.443 e. The van der Waals surface area contributed by atoms with Crippen molar-refractivity contribution in [2.45, 2.75) is 25.9 Å². The molecule has 134 valence electrons. The number of nitrogens with zero attached hydrogens (tertiary/aromatic N) is 1. The molecule has 2 N–H and O–H groups in total. The fraction of sp³-hybridized carbons (Fsp3) is 0.333. The molecule has 0 aromatic heterocycles. The van der Waals surface area contributed by atoms with Crippen LogP contribution in [0.4, 0.5) is 19.3 Å². The van der Waals surface area contributed by atoms with Gasteiger partial charge in [-0.25, -0.2) is 13.6 Å². The number of cyclic esters (lactones) is 1. The van der Waals surface area contributed by atoms with Crippen LogP contribution in [0.15, 0.2) is 30.4 Å². The van der Waals surface area contributed by atoms with Gasteiger partial charge in [-0.2, -0.15) is 0 Å². The van der Waals surface area contributed by atoms with Crippen LogP contribution in [0.25, 0.3) is 6.08 Å². The molecular weight excluding hydrogens is 330 g/mol. The molecule has 1 aliphatic rings. The summed E-state index contributed by atoms with van der Waals surface area (Å²) in [6.07, 6.45) is 5.57. The zero-order valence-electron chi connectivity index (χ0n) is 13.9. The summed E-state index contributed by atoms with van der Waals surface area (Å²) >= 11 is 0. The molecular formula is C18H20F2N2O3. The van der Waals surface area contributed by atoms with Crippen LogP contribution in [0.1, 0.15) is 25.3 Å². The smallest absolute Gasteiger partial charge is 0.414 e. The van der Waals surface area contributed by atoms with Gasteiger partial charge in [-0.1, -0.05) is 25.2 Å². The first-order chi connectivity index (χ1) is 12.0. The maximum absolute atomic E-state index is 14.3. The SMILES string of the molecule is CCCC(=O)/C=C\C=C\c1ccc(N2C[C@H](CN)OC2=O)c(F)c1F. The van der Waals surface area contributed by atoms with Gasteiger partial charge in [0.25, 0.3) is 0 Å². The summed E-state index contributed by atoms with van der Waals surface area (Å²) in [5, 5.41) is 0. The summed E-state index contributed by atoms with van der Waals surface area (Å²) in [6.45, 7) is 2.08. The number of amides is 1. The van der Waals surface area contributed by atoms with E-state index in [1.807, 2.05) is 6.92 Å². The number of hydrogen-bond acceptors (Lipinski definition) is 4. The average molecular weight is 350 g/mol. The van der Waals surface area contributed by atoms with E-state index in [0.717, 1.165) is 11.3 Å².